The van der Waals surface area contributed by atoms with Gasteiger partial charge in [0.1, 0.15) is 0 Å². The van der Waals surface area contributed by atoms with Crippen LogP contribution in [-0.4, -0.2) is 4.98 Å². The van der Waals surface area contributed by atoms with E-state index in [2.05, 4.69) is 59.0 Å². The Morgan fingerprint density at radius 2 is 2.00 bits per heavy atom. The Balaban J connectivity index is 2.19. The number of nitrogens with two attached hydrogens (primary N) is 1. The molecule has 0 aliphatic heterocycles. The minimum absolute atomic E-state index is 0.0155. The van der Waals surface area contributed by atoms with Gasteiger partial charge in [0, 0.05) is 22.9 Å². The van der Waals surface area contributed by atoms with Gasteiger partial charge in [0.05, 0.1) is 0 Å². The maximum atomic E-state index is 6.28. The summed E-state index contributed by atoms with van der Waals surface area (Å²) in [6, 6.07) is 8.49. The fourth-order valence-corrected chi connectivity index (χ4v) is 2.59. The summed E-state index contributed by atoms with van der Waals surface area (Å²) in [5.74, 6) is 0. The number of halogens is 1. The van der Waals surface area contributed by atoms with Gasteiger partial charge in [-0.3, -0.25) is 4.98 Å². The SMILES string of the molecule is Cc1ccc(C(N)Cc2cncc(Br)c2)c(C)c1. The van der Waals surface area contributed by atoms with Crippen molar-refractivity contribution in [1.82, 2.24) is 4.98 Å². The Morgan fingerprint density at radius 1 is 1.22 bits per heavy atom. The first-order valence-electron chi connectivity index (χ1n) is 5.98. The Bertz CT molecular complexity index is 552. The van der Waals surface area contributed by atoms with E-state index in [9.17, 15) is 0 Å². The molecule has 0 spiro atoms. The summed E-state index contributed by atoms with van der Waals surface area (Å²) in [6.07, 6.45) is 4.45. The molecule has 3 heteroatoms. The maximum Gasteiger partial charge on any atom is 0.0410 e. The van der Waals surface area contributed by atoms with Gasteiger partial charge < -0.3 is 5.73 Å². The molecule has 1 heterocycles. The number of hydrogen-bond donors (Lipinski definition) is 1. The summed E-state index contributed by atoms with van der Waals surface area (Å²) < 4.78 is 0.993. The lowest BCUT2D eigenvalue weighted by atomic mass is 9.95. The van der Waals surface area contributed by atoms with E-state index < -0.39 is 0 Å². The topological polar surface area (TPSA) is 38.9 Å². The highest BCUT2D eigenvalue weighted by atomic mass is 79.9. The molecule has 94 valence electrons. The van der Waals surface area contributed by atoms with Crippen molar-refractivity contribution in [1.29, 1.82) is 0 Å². The van der Waals surface area contributed by atoms with Crippen molar-refractivity contribution >= 4 is 15.9 Å². The molecule has 18 heavy (non-hydrogen) atoms. The molecule has 0 amide bonds. The van der Waals surface area contributed by atoms with Crippen molar-refractivity contribution in [2.45, 2.75) is 26.3 Å². The lowest BCUT2D eigenvalue weighted by Gasteiger charge is -2.15. The molecular weight excluding hydrogens is 288 g/mol. The van der Waals surface area contributed by atoms with Crippen LogP contribution in [0.2, 0.25) is 0 Å². The zero-order chi connectivity index (χ0) is 13.1. The lowest BCUT2D eigenvalue weighted by Crippen LogP contribution is -2.14. The van der Waals surface area contributed by atoms with Crippen LogP contribution < -0.4 is 5.73 Å². The minimum Gasteiger partial charge on any atom is -0.324 e. The number of rotatable bonds is 3. The second-order valence-corrected chi connectivity index (χ2v) is 5.60. The van der Waals surface area contributed by atoms with Crippen LogP contribution in [0, 0.1) is 13.8 Å². The summed E-state index contributed by atoms with van der Waals surface area (Å²) in [5, 5.41) is 0. The zero-order valence-electron chi connectivity index (χ0n) is 10.7. The first-order chi connectivity index (χ1) is 8.56. The Kier molecular flexibility index (Phi) is 4.15. The number of aryl methyl sites for hydroxylation is 2. The van der Waals surface area contributed by atoms with E-state index in [1.54, 1.807) is 6.20 Å². The first-order valence-corrected chi connectivity index (χ1v) is 6.77. The number of benzene rings is 1. The van der Waals surface area contributed by atoms with E-state index in [1.807, 2.05) is 6.20 Å². The third kappa shape index (κ3) is 3.18. The normalized spacial score (nSPS) is 12.4. The van der Waals surface area contributed by atoms with Gasteiger partial charge in [-0.2, -0.15) is 0 Å². The van der Waals surface area contributed by atoms with E-state index in [4.69, 9.17) is 5.73 Å². The third-order valence-corrected chi connectivity index (χ3v) is 3.48. The lowest BCUT2D eigenvalue weighted by molar-refractivity contribution is 0.714. The summed E-state index contributed by atoms with van der Waals surface area (Å²) in [7, 11) is 0. The highest BCUT2D eigenvalue weighted by molar-refractivity contribution is 9.10. The van der Waals surface area contributed by atoms with Crippen LogP contribution in [0.4, 0.5) is 0 Å². The second kappa shape index (κ2) is 5.63. The first kappa shape index (κ1) is 13.2. The quantitative estimate of drug-likeness (QED) is 0.939. The molecule has 1 aromatic heterocycles. The van der Waals surface area contributed by atoms with E-state index >= 15 is 0 Å². The average molecular weight is 305 g/mol. The van der Waals surface area contributed by atoms with Crippen molar-refractivity contribution in [2.24, 2.45) is 5.73 Å². The van der Waals surface area contributed by atoms with Crippen molar-refractivity contribution in [3.05, 3.63) is 63.4 Å². The molecule has 0 bridgehead atoms. The fraction of sp³-hybridized carbons (Fsp3) is 0.267. The Hall–Kier alpha value is -1.19. The van der Waals surface area contributed by atoms with Crippen molar-refractivity contribution in [2.75, 3.05) is 0 Å². The zero-order valence-corrected chi connectivity index (χ0v) is 12.2. The molecule has 2 rings (SSSR count). The predicted octanol–water partition coefficient (Wildman–Crippen LogP) is 3.70. The van der Waals surface area contributed by atoms with E-state index in [0.29, 0.717) is 0 Å². The predicted molar refractivity (Wildman–Crippen MR) is 78.5 cm³/mol. The van der Waals surface area contributed by atoms with Crippen LogP contribution in [0.3, 0.4) is 0 Å². The monoisotopic (exact) mass is 304 g/mol. The molecule has 0 saturated heterocycles. The highest BCUT2D eigenvalue weighted by Crippen LogP contribution is 2.21. The minimum atomic E-state index is 0.0155. The molecule has 0 saturated carbocycles. The van der Waals surface area contributed by atoms with Crippen LogP contribution in [0.1, 0.15) is 28.3 Å². The molecule has 0 aliphatic carbocycles. The van der Waals surface area contributed by atoms with Gasteiger partial charge in [-0.1, -0.05) is 23.8 Å². The van der Waals surface area contributed by atoms with Crippen LogP contribution in [-0.2, 0) is 6.42 Å². The van der Waals surface area contributed by atoms with Gasteiger partial charge in [-0.15, -0.1) is 0 Å². The third-order valence-electron chi connectivity index (χ3n) is 3.04. The summed E-state index contributed by atoms with van der Waals surface area (Å²) in [6.45, 7) is 4.21. The van der Waals surface area contributed by atoms with E-state index in [0.717, 1.165) is 16.5 Å². The van der Waals surface area contributed by atoms with Crippen LogP contribution >= 0.6 is 15.9 Å². The maximum absolute atomic E-state index is 6.28. The molecule has 2 N–H and O–H groups in total. The number of nitrogens with zero attached hydrogens (tertiary/aromatic N) is 1. The van der Waals surface area contributed by atoms with E-state index in [-0.39, 0.29) is 6.04 Å². The molecule has 0 aliphatic rings. The molecule has 1 aromatic carbocycles. The summed E-state index contributed by atoms with van der Waals surface area (Å²) >= 11 is 3.43. The molecule has 2 aromatic rings. The van der Waals surface area contributed by atoms with Crippen LogP contribution in [0.25, 0.3) is 0 Å². The molecule has 1 unspecified atom stereocenters. The summed E-state index contributed by atoms with van der Waals surface area (Å²) in [5.41, 5.74) is 11.2. The van der Waals surface area contributed by atoms with Crippen molar-refractivity contribution in [3.8, 4) is 0 Å². The molecule has 1 atom stereocenters. The molecule has 2 nitrogen and oxygen atoms in total. The number of aromatic nitrogens is 1. The summed E-state index contributed by atoms with van der Waals surface area (Å²) in [4.78, 5) is 4.17. The van der Waals surface area contributed by atoms with Gasteiger partial charge in [0.15, 0.2) is 0 Å². The van der Waals surface area contributed by atoms with Gasteiger partial charge in [-0.05, 0) is 59.0 Å². The van der Waals surface area contributed by atoms with Gasteiger partial charge >= 0.3 is 0 Å². The van der Waals surface area contributed by atoms with E-state index in [1.165, 1.54) is 16.7 Å². The number of pyridine rings is 1. The Labute approximate surface area is 116 Å². The average Bonchev–Trinajstić information content (AvgIpc) is 2.28. The van der Waals surface area contributed by atoms with Gasteiger partial charge in [0.2, 0.25) is 0 Å². The standard InChI is InChI=1S/C15H17BrN2/c1-10-3-4-14(11(2)5-10)15(17)7-12-6-13(16)9-18-8-12/h3-6,8-9,15H,7,17H2,1-2H3. The van der Waals surface area contributed by atoms with Crippen molar-refractivity contribution in [3.63, 3.8) is 0 Å². The molecular formula is C15H17BrN2. The Morgan fingerprint density at radius 3 is 2.67 bits per heavy atom. The fourth-order valence-electron chi connectivity index (χ4n) is 2.17. The largest absolute Gasteiger partial charge is 0.324 e. The molecule has 0 fully saturated rings. The van der Waals surface area contributed by atoms with Gasteiger partial charge in [0.25, 0.3) is 0 Å². The van der Waals surface area contributed by atoms with Crippen LogP contribution in [0.5, 0.6) is 0 Å². The van der Waals surface area contributed by atoms with Crippen molar-refractivity contribution < 1.29 is 0 Å². The number of hydrogen-bond acceptors (Lipinski definition) is 2. The second-order valence-electron chi connectivity index (χ2n) is 4.68. The smallest absolute Gasteiger partial charge is 0.0410 e. The van der Waals surface area contributed by atoms with Gasteiger partial charge in [-0.25, -0.2) is 0 Å². The molecule has 0 radical (unpaired) electrons. The van der Waals surface area contributed by atoms with Crippen LogP contribution in [0.15, 0.2) is 41.1 Å². The highest BCUT2D eigenvalue weighted by Gasteiger charge is 2.10.